The van der Waals surface area contributed by atoms with E-state index in [9.17, 15) is 4.79 Å². The van der Waals surface area contributed by atoms with Crippen molar-refractivity contribution in [2.45, 2.75) is 38.1 Å². The van der Waals surface area contributed by atoms with Crippen molar-refractivity contribution in [3.05, 3.63) is 59.7 Å². The van der Waals surface area contributed by atoms with Crippen molar-refractivity contribution in [3.63, 3.8) is 0 Å². The lowest BCUT2D eigenvalue weighted by molar-refractivity contribution is -0.132. The predicted octanol–water partition coefficient (Wildman–Crippen LogP) is 4.39. The highest BCUT2D eigenvalue weighted by Gasteiger charge is 2.31. The molecule has 1 unspecified atom stereocenters. The molecule has 1 aliphatic rings. The second kappa shape index (κ2) is 8.75. The largest absolute Gasteiger partial charge is 0.497 e. The summed E-state index contributed by atoms with van der Waals surface area (Å²) >= 11 is 0. The Bertz CT molecular complexity index is 729. The van der Waals surface area contributed by atoms with E-state index in [0.29, 0.717) is 6.42 Å². The predicted molar refractivity (Wildman–Crippen MR) is 103 cm³/mol. The zero-order chi connectivity index (χ0) is 18.4. The average molecular weight is 353 g/mol. The number of likely N-dealkylation sites (tertiary alicyclic amines) is 1. The van der Waals surface area contributed by atoms with Crippen molar-refractivity contribution in [2.75, 3.05) is 20.8 Å². The fraction of sp³-hybridized carbons (Fsp3) is 0.409. The first-order chi connectivity index (χ1) is 12.7. The molecule has 2 aromatic rings. The van der Waals surface area contributed by atoms with Gasteiger partial charge in [-0.1, -0.05) is 30.3 Å². The summed E-state index contributed by atoms with van der Waals surface area (Å²) in [4.78, 5) is 14.8. The molecule has 2 aromatic carbocycles. The number of hydrogen-bond donors (Lipinski definition) is 0. The molecule has 0 radical (unpaired) electrons. The number of benzene rings is 2. The SMILES string of the molecule is COc1ccc(OC)c(C2CCCN2C(=O)CCCc2ccccc2)c1. The van der Waals surface area contributed by atoms with Crippen molar-refractivity contribution in [3.8, 4) is 11.5 Å². The molecular weight excluding hydrogens is 326 g/mol. The van der Waals surface area contributed by atoms with Crippen LogP contribution in [0.15, 0.2) is 48.5 Å². The van der Waals surface area contributed by atoms with Crippen LogP contribution in [-0.2, 0) is 11.2 Å². The van der Waals surface area contributed by atoms with Crippen LogP contribution in [0.5, 0.6) is 11.5 Å². The summed E-state index contributed by atoms with van der Waals surface area (Å²) in [6, 6.07) is 16.2. The van der Waals surface area contributed by atoms with Crippen molar-refractivity contribution in [2.24, 2.45) is 0 Å². The van der Waals surface area contributed by atoms with Gasteiger partial charge in [0.05, 0.1) is 20.3 Å². The molecule has 26 heavy (non-hydrogen) atoms. The molecule has 1 saturated heterocycles. The topological polar surface area (TPSA) is 38.8 Å². The van der Waals surface area contributed by atoms with Gasteiger partial charge >= 0.3 is 0 Å². The van der Waals surface area contributed by atoms with Gasteiger partial charge in [-0.3, -0.25) is 4.79 Å². The molecule has 0 bridgehead atoms. The second-order valence-electron chi connectivity index (χ2n) is 6.69. The Morgan fingerprint density at radius 2 is 1.92 bits per heavy atom. The van der Waals surface area contributed by atoms with Crippen LogP contribution in [0.1, 0.15) is 42.9 Å². The molecule has 1 amide bonds. The number of carbonyl (C=O) groups is 1. The van der Waals surface area contributed by atoms with Crippen molar-refractivity contribution in [1.82, 2.24) is 4.90 Å². The van der Waals surface area contributed by atoms with E-state index in [1.165, 1.54) is 5.56 Å². The number of methoxy groups -OCH3 is 2. The van der Waals surface area contributed by atoms with Crippen molar-refractivity contribution < 1.29 is 14.3 Å². The monoisotopic (exact) mass is 353 g/mol. The van der Waals surface area contributed by atoms with Crippen LogP contribution >= 0.6 is 0 Å². The lowest BCUT2D eigenvalue weighted by Crippen LogP contribution is -2.30. The number of amides is 1. The summed E-state index contributed by atoms with van der Waals surface area (Å²) in [5.74, 6) is 1.84. The third-order valence-electron chi connectivity index (χ3n) is 5.07. The van der Waals surface area contributed by atoms with Gasteiger partial charge in [0.1, 0.15) is 11.5 Å². The summed E-state index contributed by atoms with van der Waals surface area (Å²) in [6.45, 7) is 0.815. The molecule has 0 N–H and O–H groups in total. The Hall–Kier alpha value is -2.49. The van der Waals surface area contributed by atoms with E-state index in [-0.39, 0.29) is 11.9 Å². The molecule has 1 fully saturated rings. The highest BCUT2D eigenvalue weighted by molar-refractivity contribution is 5.77. The van der Waals surface area contributed by atoms with Gasteiger partial charge in [0.2, 0.25) is 5.91 Å². The number of carbonyl (C=O) groups excluding carboxylic acids is 1. The minimum Gasteiger partial charge on any atom is -0.497 e. The van der Waals surface area contributed by atoms with E-state index >= 15 is 0 Å². The van der Waals surface area contributed by atoms with Gasteiger partial charge in [-0.15, -0.1) is 0 Å². The van der Waals surface area contributed by atoms with Crippen LogP contribution in [0.25, 0.3) is 0 Å². The van der Waals surface area contributed by atoms with Crippen LogP contribution in [0.4, 0.5) is 0 Å². The third-order valence-corrected chi connectivity index (χ3v) is 5.07. The van der Waals surface area contributed by atoms with Crippen LogP contribution in [0, 0.1) is 0 Å². The minimum atomic E-state index is 0.0734. The molecule has 4 heteroatoms. The Kier molecular flexibility index (Phi) is 6.16. The molecule has 1 heterocycles. The Morgan fingerprint density at radius 3 is 2.65 bits per heavy atom. The van der Waals surface area contributed by atoms with Gasteiger partial charge in [-0.25, -0.2) is 0 Å². The Balaban J connectivity index is 1.67. The van der Waals surface area contributed by atoms with Gasteiger partial charge in [0.15, 0.2) is 0 Å². The lowest BCUT2D eigenvalue weighted by Gasteiger charge is -2.27. The van der Waals surface area contributed by atoms with E-state index in [1.807, 2.05) is 41.3 Å². The number of nitrogens with zero attached hydrogens (tertiary/aromatic N) is 1. The standard InChI is InChI=1S/C22H27NO3/c1-25-18-13-14-21(26-2)19(16-18)20-11-7-15-23(20)22(24)12-6-10-17-8-4-3-5-9-17/h3-5,8-9,13-14,16,20H,6-7,10-12,15H2,1-2H3. The normalized spacial score (nSPS) is 16.5. The summed E-state index contributed by atoms with van der Waals surface area (Å²) in [7, 11) is 3.33. The maximum Gasteiger partial charge on any atom is 0.223 e. The first kappa shape index (κ1) is 18.3. The summed E-state index contributed by atoms with van der Waals surface area (Å²) < 4.78 is 10.9. The van der Waals surface area contributed by atoms with Crippen LogP contribution in [0.2, 0.25) is 0 Å². The molecule has 138 valence electrons. The zero-order valence-corrected chi connectivity index (χ0v) is 15.6. The Morgan fingerprint density at radius 1 is 1.12 bits per heavy atom. The molecule has 4 nitrogen and oxygen atoms in total. The molecule has 0 aliphatic carbocycles. The van der Waals surface area contributed by atoms with Crippen LogP contribution in [-0.4, -0.2) is 31.6 Å². The van der Waals surface area contributed by atoms with E-state index in [2.05, 4.69) is 12.1 Å². The maximum absolute atomic E-state index is 12.8. The van der Waals surface area contributed by atoms with Gasteiger partial charge < -0.3 is 14.4 Å². The smallest absolute Gasteiger partial charge is 0.223 e. The highest BCUT2D eigenvalue weighted by Crippen LogP contribution is 2.39. The van der Waals surface area contributed by atoms with E-state index in [4.69, 9.17) is 9.47 Å². The molecule has 3 rings (SSSR count). The molecule has 1 atom stereocenters. The van der Waals surface area contributed by atoms with E-state index < -0.39 is 0 Å². The van der Waals surface area contributed by atoms with Crippen LogP contribution < -0.4 is 9.47 Å². The second-order valence-corrected chi connectivity index (χ2v) is 6.69. The molecule has 0 aromatic heterocycles. The Labute approximate surface area is 155 Å². The number of rotatable bonds is 7. The molecule has 0 saturated carbocycles. The maximum atomic E-state index is 12.8. The fourth-order valence-corrected chi connectivity index (χ4v) is 3.72. The molecule has 1 aliphatic heterocycles. The highest BCUT2D eigenvalue weighted by atomic mass is 16.5. The van der Waals surface area contributed by atoms with Gasteiger partial charge in [0, 0.05) is 18.5 Å². The number of aryl methyl sites for hydroxylation is 1. The van der Waals surface area contributed by atoms with Crippen molar-refractivity contribution >= 4 is 5.91 Å². The first-order valence-electron chi connectivity index (χ1n) is 9.28. The third kappa shape index (κ3) is 4.18. The van der Waals surface area contributed by atoms with Gasteiger partial charge in [-0.05, 0) is 49.4 Å². The summed E-state index contributed by atoms with van der Waals surface area (Å²) in [6.07, 6.45) is 4.38. The van der Waals surface area contributed by atoms with Gasteiger partial charge in [-0.2, -0.15) is 0 Å². The van der Waals surface area contributed by atoms with Gasteiger partial charge in [0.25, 0.3) is 0 Å². The minimum absolute atomic E-state index is 0.0734. The number of hydrogen-bond acceptors (Lipinski definition) is 3. The van der Waals surface area contributed by atoms with Crippen LogP contribution in [0.3, 0.4) is 0 Å². The lowest BCUT2D eigenvalue weighted by atomic mass is 10.0. The average Bonchev–Trinajstić information content (AvgIpc) is 3.18. The fourth-order valence-electron chi connectivity index (χ4n) is 3.72. The molecule has 0 spiro atoms. The van der Waals surface area contributed by atoms with E-state index in [0.717, 1.165) is 49.3 Å². The quantitative estimate of drug-likeness (QED) is 0.741. The molecular formula is C22H27NO3. The summed E-state index contributed by atoms with van der Waals surface area (Å²) in [5.41, 5.74) is 2.33. The first-order valence-corrected chi connectivity index (χ1v) is 9.28. The van der Waals surface area contributed by atoms with Crippen molar-refractivity contribution in [1.29, 1.82) is 0 Å². The summed E-state index contributed by atoms with van der Waals surface area (Å²) in [5, 5.41) is 0. The zero-order valence-electron chi connectivity index (χ0n) is 15.6. The number of ether oxygens (including phenoxy) is 2. The van der Waals surface area contributed by atoms with E-state index in [1.54, 1.807) is 14.2 Å².